The Balaban J connectivity index is 1.54. The molecule has 3 heterocycles. The van der Waals surface area contributed by atoms with Gasteiger partial charge in [-0.25, -0.2) is 0 Å². The summed E-state index contributed by atoms with van der Waals surface area (Å²) in [5, 5.41) is 9.48. The number of fused-ring (bicyclic) bond motifs is 1. The smallest absolute Gasteiger partial charge is 0.115 e. The molecular formula is C9H14O5. The molecule has 3 aliphatic rings. The number of ether oxygens (including phenoxy) is 4. The molecule has 1 N–H and O–H groups in total. The predicted octanol–water partition coefficient (Wildman–Crippen LogP) is -1.07. The maximum atomic E-state index is 9.48. The van der Waals surface area contributed by atoms with E-state index in [1.165, 1.54) is 0 Å². The molecule has 0 radical (unpaired) electrons. The lowest BCUT2D eigenvalue weighted by atomic mass is 10.1. The van der Waals surface area contributed by atoms with E-state index in [9.17, 15) is 5.11 Å². The summed E-state index contributed by atoms with van der Waals surface area (Å²) in [4.78, 5) is 0. The molecule has 5 nitrogen and oxygen atoms in total. The summed E-state index contributed by atoms with van der Waals surface area (Å²) in [6, 6.07) is 0. The van der Waals surface area contributed by atoms with Crippen molar-refractivity contribution in [1.29, 1.82) is 0 Å². The Bertz CT molecular complexity index is 217. The van der Waals surface area contributed by atoms with E-state index in [0.29, 0.717) is 19.8 Å². The summed E-state index contributed by atoms with van der Waals surface area (Å²) in [7, 11) is 0. The third-order valence-corrected chi connectivity index (χ3v) is 2.88. The Morgan fingerprint density at radius 3 is 2.64 bits per heavy atom. The fourth-order valence-electron chi connectivity index (χ4n) is 1.98. The molecule has 0 aliphatic carbocycles. The summed E-state index contributed by atoms with van der Waals surface area (Å²) in [5.74, 6) is 0. The molecule has 0 aromatic heterocycles. The first-order chi connectivity index (χ1) is 6.84. The van der Waals surface area contributed by atoms with Crippen molar-refractivity contribution in [2.75, 3.05) is 26.4 Å². The van der Waals surface area contributed by atoms with Gasteiger partial charge in [0.1, 0.15) is 30.5 Å². The number of rotatable bonds is 3. The largest absolute Gasteiger partial charge is 0.388 e. The molecule has 5 heteroatoms. The molecule has 3 fully saturated rings. The zero-order valence-corrected chi connectivity index (χ0v) is 7.80. The van der Waals surface area contributed by atoms with Gasteiger partial charge in [0.2, 0.25) is 0 Å². The van der Waals surface area contributed by atoms with E-state index in [1.54, 1.807) is 0 Å². The molecule has 80 valence electrons. The highest BCUT2D eigenvalue weighted by Gasteiger charge is 2.48. The summed E-state index contributed by atoms with van der Waals surface area (Å²) in [6.45, 7) is 2.27. The maximum Gasteiger partial charge on any atom is 0.115 e. The van der Waals surface area contributed by atoms with E-state index < -0.39 is 6.10 Å². The standard InChI is InChI=1S/C9H14O5/c10-6-3-13-9-7(4-14-8(6)9)12-2-5-1-11-5/h5-10H,1-4H2/t5-,6+,7+,8+,9-/m1/s1. The van der Waals surface area contributed by atoms with Crippen LogP contribution in [0.1, 0.15) is 0 Å². The van der Waals surface area contributed by atoms with Crippen molar-refractivity contribution in [3.63, 3.8) is 0 Å². The summed E-state index contributed by atoms with van der Waals surface area (Å²) < 4.78 is 21.5. The first kappa shape index (κ1) is 9.06. The topological polar surface area (TPSA) is 60.5 Å². The molecule has 0 bridgehead atoms. The third kappa shape index (κ3) is 1.55. The van der Waals surface area contributed by atoms with Gasteiger partial charge in [-0.15, -0.1) is 0 Å². The normalized spacial score (nSPS) is 50.8. The number of hydrogen-bond acceptors (Lipinski definition) is 5. The van der Waals surface area contributed by atoms with Crippen LogP contribution < -0.4 is 0 Å². The number of hydrogen-bond donors (Lipinski definition) is 1. The fraction of sp³-hybridized carbons (Fsp3) is 1.00. The Labute approximate surface area is 81.9 Å². The molecule has 3 aliphatic heterocycles. The van der Waals surface area contributed by atoms with Gasteiger partial charge in [0, 0.05) is 0 Å². The van der Waals surface area contributed by atoms with Gasteiger partial charge in [0.05, 0.1) is 26.4 Å². The monoisotopic (exact) mass is 202 g/mol. The van der Waals surface area contributed by atoms with Crippen LogP contribution in [0.2, 0.25) is 0 Å². The van der Waals surface area contributed by atoms with Gasteiger partial charge in [-0.3, -0.25) is 0 Å². The Hall–Kier alpha value is -0.200. The van der Waals surface area contributed by atoms with Crippen LogP contribution in [0, 0.1) is 0 Å². The molecule has 0 aromatic carbocycles. The van der Waals surface area contributed by atoms with Gasteiger partial charge in [-0.2, -0.15) is 0 Å². The highest BCUT2D eigenvalue weighted by atomic mass is 16.6. The molecule has 0 saturated carbocycles. The van der Waals surface area contributed by atoms with E-state index in [4.69, 9.17) is 18.9 Å². The molecule has 3 saturated heterocycles. The highest BCUT2D eigenvalue weighted by Crippen LogP contribution is 2.29. The van der Waals surface area contributed by atoms with E-state index in [1.807, 2.05) is 0 Å². The van der Waals surface area contributed by atoms with Crippen LogP contribution >= 0.6 is 0 Å². The van der Waals surface area contributed by atoms with E-state index in [0.717, 1.165) is 6.61 Å². The van der Waals surface area contributed by atoms with Crippen LogP contribution in [0.5, 0.6) is 0 Å². The molecular weight excluding hydrogens is 188 g/mol. The Morgan fingerprint density at radius 2 is 1.86 bits per heavy atom. The van der Waals surface area contributed by atoms with Crippen molar-refractivity contribution >= 4 is 0 Å². The second-order valence-corrected chi connectivity index (χ2v) is 3.99. The minimum absolute atomic E-state index is 0.0404. The first-order valence-electron chi connectivity index (χ1n) is 4.99. The average molecular weight is 202 g/mol. The van der Waals surface area contributed by atoms with Gasteiger partial charge >= 0.3 is 0 Å². The summed E-state index contributed by atoms with van der Waals surface area (Å²) in [6.07, 6.45) is -0.559. The van der Waals surface area contributed by atoms with Gasteiger partial charge in [0.15, 0.2) is 0 Å². The first-order valence-corrected chi connectivity index (χ1v) is 4.99. The molecule has 3 rings (SSSR count). The average Bonchev–Trinajstić information content (AvgIpc) is 2.81. The molecule has 5 atom stereocenters. The summed E-state index contributed by atoms with van der Waals surface area (Å²) >= 11 is 0. The maximum absolute atomic E-state index is 9.48. The number of epoxide rings is 1. The Kier molecular flexibility index (Phi) is 2.22. The summed E-state index contributed by atoms with van der Waals surface area (Å²) in [5.41, 5.74) is 0. The number of aliphatic hydroxyl groups is 1. The van der Waals surface area contributed by atoms with E-state index in [-0.39, 0.29) is 24.4 Å². The van der Waals surface area contributed by atoms with Crippen LogP contribution in [0.25, 0.3) is 0 Å². The zero-order chi connectivity index (χ0) is 9.54. The van der Waals surface area contributed by atoms with Crippen LogP contribution in [0.3, 0.4) is 0 Å². The minimum atomic E-state index is -0.495. The van der Waals surface area contributed by atoms with Crippen molar-refractivity contribution in [3.05, 3.63) is 0 Å². The second kappa shape index (κ2) is 3.43. The van der Waals surface area contributed by atoms with Crippen molar-refractivity contribution in [2.24, 2.45) is 0 Å². The van der Waals surface area contributed by atoms with Crippen LogP contribution in [0.15, 0.2) is 0 Å². The quantitative estimate of drug-likeness (QED) is 0.590. The number of aliphatic hydroxyl groups excluding tert-OH is 1. The van der Waals surface area contributed by atoms with E-state index >= 15 is 0 Å². The van der Waals surface area contributed by atoms with Crippen molar-refractivity contribution in [1.82, 2.24) is 0 Å². The third-order valence-electron chi connectivity index (χ3n) is 2.88. The minimum Gasteiger partial charge on any atom is -0.388 e. The van der Waals surface area contributed by atoms with Gasteiger partial charge < -0.3 is 24.1 Å². The lowest BCUT2D eigenvalue weighted by molar-refractivity contribution is -0.0406. The van der Waals surface area contributed by atoms with Crippen molar-refractivity contribution in [3.8, 4) is 0 Å². The van der Waals surface area contributed by atoms with Gasteiger partial charge in [-0.05, 0) is 0 Å². The lowest BCUT2D eigenvalue weighted by Gasteiger charge is -2.15. The van der Waals surface area contributed by atoms with Crippen LogP contribution in [-0.2, 0) is 18.9 Å². The van der Waals surface area contributed by atoms with E-state index in [2.05, 4.69) is 0 Å². The van der Waals surface area contributed by atoms with Crippen LogP contribution in [0.4, 0.5) is 0 Å². The van der Waals surface area contributed by atoms with Crippen LogP contribution in [-0.4, -0.2) is 62.1 Å². The molecule has 0 unspecified atom stereocenters. The molecule has 0 spiro atoms. The predicted molar refractivity (Wildman–Crippen MR) is 45.0 cm³/mol. The molecule has 0 amide bonds. The Morgan fingerprint density at radius 1 is 1.07 bits per heavy atom. The second-order valence-electron chi connectivity index (χ2n) is 3.99. The van der Waals surface area contributed by atoms with Crippen molar-refractivity contribution in [2.45, 2.75) is 30.5 Å². The lowest BCUT2D eigenvalue weighted by Crippen LogP contribution is -2.33. The SMILES string of the molecule is O[C@H]1CO[C@H]2[C@H]1OC[C@@H]2OC[C@H]1CO1. The fourth-order valence-corrected chi connectivity index (χ4v) is 1.98. The van der Waals surface area contributed by atoms with Gasteiger partial charge in [0.25, 0.3) is 0 Å². The van der Waals surface area contributed by atoms with Gasteiger partial charge in [-0.1, -0.05) is 0 Å². The zero-order valence-electron chi connectivity index (χ0n) is 7.80. The molecule has 14 heavy (non-hydrogen) atoms. The highest BCUT2D eigenvalue weighted by molar-refractivity contribution is 4.95. The molecule has 0 aromatic rings. The van der Waals surface area contributed by atoms with Crippen molar-refractivity contribution < 1.29 is 24.1 Å².